The average Bonchev–Trinajstić information content (AvgIpc) is 2.70. The Kier molecular flexibility index (Phi) is 2.61. The Morgan fingerprint density at radius 3 is 2.62 bits per heavy atom. The van der Waals surface area contributed by atoms with Gasteiger partial charge in [0, 0.05) is 18.0 Å². The molecule has 0 aromatic rings. The number of carbonyl (C=O) groups excluding carboxylic acids is 1. The van der Waals surface area contributed by atoms with E-state index in [1.54, 1.807) is 0 Å². The van der Waals surface area contributed by atoms with E-state index < -0.39 is 5.60 Å². The second-order valence-electron chi connectivity index (χ2n) is 5.69. The fourth-order valence-electron chi connectivity index (χ4n) is 2.77. The number of nitrogens with zero attached hydrogens (tertiary/aromatic N) is 1. The van der Waals surface area contributed by atoms with Gasteiger partial charge in [-0.2, -0.15) is 0 Å². The third kappa shape index (κ3) is 1.89. The van der Waals surface area contributed by atoms with Gasteiger partial charge in [0.15, 0.2) is 0 Å². The first-order chi connectivity index (χ1) is 7.42. The summed E-state index contributed by atoms with van der Waals surface area (Å²) in [6.45, 7) is 5.67. The van der Waals surface area contributed by atoms with Crippen LogP contribution in [0.3, 0.4) is 0 Å². The number of rotatable bonds is 0. The van der Waals surface area contributed by atoms with Crippen molar-refractivity contribution < 1.29 is 9.53 Å². The zero-order valence-corrected chi connectivity index (χ0v) is 10.2. The van der Waals surface area contributed by atoms with Gasteiger partial charge >= 0.3 is 6.09 Å². The fraction of sp³-hybridized carbons (Fsp3) is 0.769. The Bertz CT molecular complexity index is 337. The van der Waals surface area contributed by atoms with Gasteiger partial charge in [0.1, 0.15) is 5.60 Å². The van der Waals surface area contributed by atoms with Gasteiger partial charge < -0.3 is 9.64 Å². The van der Waals surface area contributed by atoms with Crippen LogP contribution in [0.4, 0.5) is 4.79 Å². The predicted octanol–water partition coefficient (Wildman–Crippen LogP) is 2.41. The van der Waals surface area contributed by atoms with E-state index >= 15 is 0 Å². The molecule has 2 rings (SSSR count). The van der Waals surface area contributed by atoms with Crippen molar-refractivity contribution in [1.82, 2.24) is 4.90 Å². The standard InChI is InChI=1S/C13H19NO2/c1-5-9-8-10-6-7-11(9)14(10)12(15)16-13(2,3)4/h1,9-11H,6-8H2,2-4H3/t9-,10-,11+/m0/s1. The van der Waals surface area contributed by atoms with Gasteiger partial charge in [-0.3, -0.25) is 0 Å². The lowest BCUT2D eigenvalue weighted by atomic mass is 9.90. The molecule has 0 aliphatic carbocycles. The molecule has 2 aliphatic heterocycles. The molecule has 0 saturated carbocycles. The summed E-state index contributed by atoms with van der Waals surface area (Å²) < 4.78 is 5.41. The highest BCUT2D eigenvalue weighted by Crippen LogP contribution is 2.41. The van der Waals surface area contributed by atoms with Crippen LogP contribution in [-0.4, -0.2) is 28.7 Å². The van der Waals surface area contributed by atoms with Crippen LogP contribution in [0.2, 0.25) is 0 Å². The van der Waals surface area contributed by atoms with Crippen LogP contribution in [0.15, 0.2) is 0 Å². The Hall–Kier alpha value is -1.17. The SMILES string of the molecule is C#C[C@H]1C[C@@H]2CC[C@H]1N2C(=O)OC(C)(C)C. The lowest BCUT2D eigenvalue weighted by molar-refractivity contribution is 0.0211. The Morgan fingerprint density at radius 2 is 2.12 bits per heavy atom. The van der Waals surface area contributed by atoms with Crippen molar-refractivity contribution >= 4 is 6.09 Å². The molecule has 2 heterocycles. The van der Waals surface area contributed by atoms with Crippen molar-refractivity contribution in [2.45, 2.75) is 57.7 Å². The van der Waals surface area contributed by atoms with E-state index in [4.69, 9.17) is 11.2 Å². The molecule has 0 aromatic heterocycles. The molecule has 3 nitrogen and oxygen atoms in total. The number of hydrogen-bond acceptors (Lipinski definition) is 2. The molecule has 2 saturated heterocycles. The van der Waals surface area contributed by atoms with Crippen molar-refractivity contribution in [3.63, 3.8) is 0 Å². The van der Waals surface area contributed by atoms with Crippen molar-refractivity contribution in [1.29, 1.82) is 0 Å². The molecule has 16 heavy (non-hydrogen) atoms. The average molecular weight is 221 g/mol. The van der Waals surface area contributed by atoms with E-state index in [-0.39, 0.29) is 18.1 Å². The molecule has 3 heteroatoms. The molecule has 0 aromatic carbocycles. The summed E-state index contributed by atoms with van der Waals surface area (Å²) >= 11 is 0. The van der Waals surface area contributed by atoms with Crippen LogP contribution < -0.4 is 0 Å². The molecule has 0 N–H and O–H groups in total. The summed E-state index contributed by atoms with van der Waals surface area (Å²) in [4.78, 5) is 13.9. The molecule has 1 amide bonds. The number of fused-ring (bicyclic) bond motifs is 2. The first kappa shape index (κ1) is 11.3. The zero-order valence-electron chi connectivity index (χ0n) is 10.2. The number of hydrogen-bond donors (Lipinski definition) is 0. The van der Waals surface area contributed by atoms with Crippen molar-refractivity contribution in [2.24, 2.45) is 5.92 Å². The van der Waals surface area contributed by atoms with E-state index in [1.807, 2.05) is 25.7 Å². The van der Waals surface area contributed by atoms with Crippen molar-refractivity contribution in [3.8, 4) is 12.3 Å². The highest BCUT2D eigenvalue weighted by atomic mass is 16.6. The van der Waals surface area contributed by atoms with Crippen LogP contribution in [-0.2, 0) is 4.74 Å². The monoisotopic (exact) mass is 221 g/mol. The fourth-order valence-corrected chi connectivity index (χ4v) is 2.77. The number of carbonyl (C=O) groups is 1. The van der Waals surface area contributed by atoms with Crippen LogP contribution in [0.5, 0.6) is 0 Å². The third-order valence-electron chi connectivity index (χ3n) is 3.36. The van der Waals surface area contributed by atoms with Crippen LogP contribution >= 0.6 is 0 Å². The Labute approximate surface area is 97.1 Å². The molecule has 88 valence electrons. The molecule has 2 aliphatic rings. The van der Waals surface area contributed by atoms with Gasteiger partial charge in [0.2, 0.25) is 0 Å². The summed E-state index contributed by atoms with van der Waals surface area (Å²) in [5, 5.41) is 0. The minimum absolute atomic E-state index is 0.197. The van der Waals surface area contributed by atoms with Crippen LogP contribution in [0.25, 0.3) is 0 Å². The number of terminal acetylenes is 1. The maximum atomic E-state index is 12.0. The van der Waals surface area contributed by atoms with E-state index in [9.17, 15) is 4.79 Å². The van der Waals surface area contributed by atoms with Crippen LogP contribution in [0, 0.1) is 18.3 Å². The minimum atomic E-state index is -0.426. The quantitative estimate of drug-likeness (QED) is 0.588. The van der Waals surface area contributed by atoms with E-state index in [2.05, 4.69) is 5.92 Å². The maximum Gasteiger partial charge on any atom is 0.410 e. The molecule has 0 radical (unpaired) electrons. The maximum absolute atomic E-state index is 12.0. The summed E-state index contributed by atoms with van der Waals surface area (Å²) in [5.74, 6) is 3.02. The van der Waals surface area contributed by atoms with Gasteiger partial charge in [0.25, 0.3) is 0 Å². The van der Waals surface area contributed by atoms with Gasteiger partial charge in [0.05, 0.1) is 0 Å². The molecule has 2 fully saturated rings. The van der Waals surface area contributed by atoms with Gasteiger partial charge in [-0.1, -0.05) is 0 Å². The largest absolute Gasteiger partial charge is 0.444 e. The third-order valence-corrected chi connectivity index (χ3v) is 3.36. The topological polar surface area (TPSA) is 29.5 Å². The van der Waals surface area contributed by atoms with E-state index in [0.717, 1.165) is 19.3 Å². The molecule has 0 spiro atoms. The first-order valence-electron chi connectivity index (χ1n) is 5.90. The second-order valence-corrected chi connectivity index (χ2v) is 5.69. The predicted molar refractivity (Wildman–Crippen MR) is 61.8 cm³/mol. The van der Waals surface area contributed by atoms with Gasteiger partial charge in [-0.25, -0.2) is 4.79 Å². The zero-order chi connectivity index (χ0) is 11.9. The van der Waals surface area contributed by atoms with Crippen molar-refractivity contribution in [3.05, 3.63) is 0 Å². The summed E-state index contributed by atoms with van der Waals surface area (Å²) in [7, 11) is 0. The van der Waals surface area contributed by atoms with Gasteiger partial charge in [-0.15, -0.1) is 12.3 Å². The summed E-state index contributed by atoms with van der Waals surface area (Å²) in [5.41, 5.74) is -0.426. The number of ether oxygens (including phenoxy) is 1. The molecular formula is C13H19NO2. The van der Waals surface area contributed by atoms with Crippen molar-refractivity contribution in [2.75, 3.05) is 0 Å². The van der Waals surface area contributed by atoms with E-state index in [0.29, 0.717) is 6.04 Å². The molecular weight excluding hydrogens is 202 g/mol. The first-order valence-corrected chi connectivity index (χ1v) is 5.90. The minimum Gasteiger partial charge on any atom is -0.444 e. The van der Waals surface area contributed by atoms with Gasteiger partial charge in [-0.05, 0) is 40.0 Å². The summed E-state index contributed by atoms with van der Waals surface area (Å²) in [6.07, 6.45) is 8.33. The van der Waals surface area contributed by atoms with E-state index in [1.165, 1.54) is 0 Å². The molecule has 3 atom stereocenters. The Morgan fingerprint density at radius 1 is 1.44 bits per heavy atom. The number of amides is 1. The Balaban J connectivity index is 2.07. The lowest BCUT2D eigenvalue weighted by Gasteiger charge is -2.27. The lowest BCUT2D eigenvalue weighted by Crippen LogP contribution is -2.40. The highest BCUT2D eigenvalue weighted by molar-refractivity contribution is 5.70. The summed E-state index contributed by atoms with van der Waals surface area (Å²) in [6, 6.07) is 0.519. The second kappa shape index (κ2) is 3.69. The molecule has 0 unspecified atom stereocenters. The normalized spacial score (nSPS) is 32.6. The van der Waals surface area contributed by atoms with Crippen LogP contribution in [0.1, 0.15) is 40.0 Å². The molecule has 2 bridgehead atoms. The highest BCUT2D eigenvalue weighted by Gasteiger charge is 2.49. The smallest absolute Gasteiger partial charge is 0.410 e.